The Morgan fingerprint density at radius 3 is 2.61 bits per heavy atom. The van der Waals surface area contributed by atoms with Crippen molar-refractivity contribution in [1.29, 1.82) is 0 Å². The Kier molecular flexibility index (Phi) is 5.87. The average molecular weight is 250 g/mol. The average Bonchev–Trinajstić information content (AvgIpc) is 2.37. The number of hydrogen-bond acceptors (Lipinski definition) is 3. The Bertz CT molecular complexity index is 418. The second-order valence-electron chi connectivity index (χ2n) is 3.81. The summed E-state index contributed by atoms with van der Waals surface area (Å²) in [5, 5.41) is 5.33. The molecule has 0 fully saturated rings. The van der Waals surface area contributed by atoms with Crippen molar-refractivity contribution in [1.82, 2.24) is 5.32 Å². The van der Waals surface area contributed by atoms with Crippen LogP contribution in [0.3, 0.4) is 0 Å². The maximum absolute atomic E-state index is 11.4. The SMILES string of the molecule is CNC(=O)CCc1ccccc1NC(=O)COC. The monoisotopic (exact) mass is 250 g/mol. The number of aryl methyl sites for hydroxylation is 1. The normalized spacial score (nSPS) is 9.89. The number of benzene rings is 1. The van der Waals surface area contributed by atoms with Crippen LogP contribution in [-0.2, 0) is 20.7 Å². The minimum absolute atomic E-state index is 0.0176. The van der Waals surface area contributed by atoms with Crippen molar-refractivity contribution in [3.05, 3.63) is 29.8 Å². The number of rotatable bonds is 6. The third-order valence-corrected chi connectivity index (χ3v) is 2.47. The molecule has 0 spiro atoms. The summed E-state index contributed by atoms with van der Waals surface area (Å²) in [5.41, 5.74) is 1.66. The smallest absolute Gasteiger partial charge is 0.250 e. The van der Waals surface area contributed by atoms with Gasteiger partial charge in [0.15, 0.2) is 0 Å². The van der Waals surface area contributed by atoms with E-state index in [2.05, 4.69) is 10.6 Å². The molecule has 98 valence electrons. The molecule has 18 heavy (non-hydrogen) atoms. The summed E-state index contributed by atoms with van der Waals surface area (Å²) in [4.78, 5) is 22.6. The first-order valence-electron chi connectivity index (χ1n) is 5.74. The highest BCUT2D eigenvalue weighted by Gasteiger charge is 2.07. The predicted molar refractivity (Wildman–Crippen MR) is 69.3 cm³/mol. The van der Waals surface area contributed by atoms with E-state index >= 15 is 0 Å². The molecule has 0 saturated heterocycles. The van der Waals surface area contributed by atoms with Gasteiger partial charge in [-0.15, -0.1) is 0 Å². The minimum atomic E-state index is -0.204. The zero-order valence-electron chi connectivity index (χ0n) is 10.7. The molecule has 1 rings (SSSR count). The van der Waals surface area contributed by atoms with Gasteiger partial charge in [-0.1, -0.05) is 18.2 Å². The molecule has 0 heterocycles. The van der Waals surface area contributed by atoms with Crippen LogP contribution in [0.4, 0.5) is 5.69 Å². The van der Waals surface area contributed by atoms with Crippen molar-refractivity contribution in [2.45, 2.75) is 12.8 Å². The van der Waals surface area contributed by atoms with E-state index in [0.717, 1.165) is 11.3 Å². The Hall–Kier alpha value is -1.88. The molecule has 0 aromatic heterocycles. The van der Waals surface area contributed by atoms with Gasteiger partial charge in [-0.2, -0.15) is 0 Å². The van der Waals surface area contributed by atoms with E-state index in [0.29, 0.717) is 12.8 Å². The predicted octanol–water partition coefficient (Wildman–Crippen LogP) is 0.950. The van der Waals surface area contributed by atoms with Gasteiger partial charge in [0.05, 0.1) is 0 Å². The molecule has 1 aromatic rings. The fourth-order valence-electron chi connectivity index (χ4n) is 1.55. The minimum Gasteiger partial charge on any atom is -0.375 e. The highest BCUT2D eigenvalue weighted by Crippen LogP contribution is 2.16. The van der Waals surface area contributed by atoms with Crippen molar-refractivity contribution >= 4 is 17.5 Å². The highest BCUT2D eigenvalue weighted by molar-refractivity contribution is 5.92. The standard InChI is InChI=1S/C13H18N2O3/c1-14-12(16)8-7-10-5-3-4-6-11(10)15-13(17)9-18-2/h3-6H,7-9H2,1-2H3,(H,14,16)(H,15,17). The van der Waals surface area contributed by atoms with Gasteiger partial charge in [0, 0.05) is 26.3 Å². The Labute approximate surface area is 107 Å². The van der Waals surface area contributed by atoms with E-state index in [4.69, 9.17) is 4.74 Å². The Morgan fingerprint density at radius 1 is 1.22 bits per heavy atom. The van der Waals surface area contributed by atoms with Gasteiger partial charge in [0.25, 0.3) is 0 Å². The molecule has 0 aliphatic rings. The summed E-state index contributed by atoms with van der Waals surface area (Å²) in [6.07, 6.45) is 0.983. The Morgan fingerprint density at radius 2 is 1.94 bits per heavy atom. The number of methoxy groups -OCH3 is 1. The molecule has 0 bridgehead atoms. The molecule has 5 heteroatoms. The zero-order valence-corrected chi connectivity index (χ0v) is 10.7. The first-order valence-corrected chi connectivity index (χ1v) is 5.74. The maximum Gasteiger partial charge on any atom is 0.250 e. The summed E-state index contributed by atoms with van der Waals surface area (Å²) < 4.78 is 4.76. The molecule has 0 aliphatic carbocycles. The van der Waals surface area contributed by atoms with Crippen LogP contribution >= 0.6 is 0 Å². The van der Waals surface area contributed by atoms with Crippen LogP contribution in [0.2, 0.25) is 0 Å². The van der Waals surface area contributed by atoms with E-state index in [1.807, 2.05) is 24.3 Å². The van der Waals surface area contributed by atoms with Crippen molar-refractivity contribution in [3.8, 4) is 0 Å². The number of carbonyl (C=O) groups is 2. The van der Waals surface area contributed by atoms with Crippen LogP contribution in [0.25, 0.3) is 0 Å². The second-order valence-corrected chi connectivity index (χ2v) is 3.81. The number of nitrogens with one attached hydrogen (secondary N) is 2. The lowest BCUT2D eigenvalue weighted by atomic mass is 10.1. The number of hydrogen-bond donors (Lipinski definition) is 2. The van der Waals surface area contributed by atoms with Crippen LogP contribution in [0.15, 0.2) is 24.3 Å². The van der Waals surface area contributed by atoms with Gasteiger partial charge < -0.3 is 15.4 Å². The van der Waals surface area contributed by atoms with Crippen LogP contribution in [0.1, 0.15) is 12.0 Å². The third kappa shape index (κ3) is 4.55. The fourth-order valence-corrected chi connectivity index (χ4v) is 1.55. The molecule has 2 amide bonds. The maximum atomic E-state index is 11.4. The number of ether oxygens (including phenoxy) is 1. The van der Waals surface area contributed by atoms with Crippen molar-refractivity contribution < 1.29 is 14.3 Å². The quantitative estimate of drug-likeness (QED) is 0.790. The zero-order chi connectivity index (χ0) is 13.4. The van der Waals surface area contributed by atoms with Crippen molar-refractivity contribution in [2.75, 3.05) is 26.1 Å². The molecule has 1 aromatic carbocycles. The largest absolute Gasteiger partial charge is 0.375 e. The van der Waals surface area contributed by atoms with Crippen molar-refractivity contribution in [3.63, 3.8) is 0 Å². The summed E-state index contributed by atoms with van der Waals surface area (Å²) >= 11 is 0. The first-order chi connectivity index (χ1) is 8.67. The molecule has 2 N–H and O–H groups in total. The van der Waals surface area contributed by atoms with Crippen LogP contribution in [0, 0.1) is 0 Å². The molecule has 5 nitrogen and oxygen atoms in total. The molecule has 0 saturated carbocycles. The molecule has 0 unspecified atom stereocenters. The molecule has 0 atom stereocenters. The lowest BCUT2D eigenvalue weighted by Gasteiger charge is -2.10. The number of anilines is 1. The molecular weight excluding hydrogens is 232 g/mol. The second kappa shape index (κ2) is 7.45. The van der Waals surface area contributed by atoms with Crippen molar-refractivity contribution in [2.24, 2.45) is 0 Å². The molecule has 0 radical (unpaired) electrons. The topological polar surface area (TPSA) is 67.4 Å². The van der Waals surface area contributed by atoms with Crippen LogP contribution in [-0.4, -0.2) is 32.6 Å². The van der Waals surface area contributed by atoms with E-state index in [9.17, 15) is 9.59 Å². The van der Waals surface area contributed by atoms with Gasteiger partial charge in [-0.3, -0.25) is 9.59 Å². The lowest BCUT2D eigenvalue weighted by Crippen LogP contribution is -2.20. The van der Waals surface area contributed by atoms with Gasteiger partial charge in [0.2, 0.25) is 11.8 Å². The van der Waals surface area contributed by atoms with E-state index in [-0.39, 0.29) is 18.4 Å². The molecule has 0 aliphatic heterocycles. The van der Waals surface area contributed by atoms with Gasteiger partial charge in [-0.25, -0.2) is 0 Å². The number of para-hydroxylation sites is 1. The third-order valence-electron chi connectivity index (χ3n) is 2.47. The van der Waals surface area contributed by atoms with E-state index < -0.39 is 0 Å². The lowest BCUT2D eigenvalue weighted by molar-refractivity contribution is -0.120. The summed E-state index contributed by atoms with van der Waals surface area (Å²) in [5.74, 6) is -0.224. The number of carbonyl (C=O) groups excluding carboxylic acids is 2. The summed E-state index contributed by atoms with van der Waals surface area (Å²) in [6.45, 7) is 0.0176. The molecular formula is C13H18N2O3. The van der Waals surface area contributed by atoms with Gasteiger partial charge >= 0.3 is 0 Å². The summed E-state index contributed by atoms with van der Waals surface area (Å²) in [7, 11) is 3.08. The van der Waals surface area contributed by atoms with Gasteiger partial charge in [-0.05, 0) is 18.1 Å². The van der Waals surface area contributed by atoms with Gasteiger partial charge in [0.1, 0.15) is 6.61 Å². The number of amides is 2. The summed E-state index contributed by atoms with van der Waals surface area (Å²) in [6, 6.07) is 7.43. The van der Waals surface area contributed by atoms with E-state index in [1.54, 1.807) is 7.05 Å². The highest BCUT2D eigenvalue weighted by atomic mass is 16.5. The van der Waals surface area contributed by atoms with Crippen LogP contribution in [0.5, 0.6) is 0 Å². The Balaban J connectivity index is 2.67. The van der Waals surface area contributed by atoms with Crippen LogP contribution < -0.4 is 10.6 Å². The van der Waals surface area contributed by atoms with E-state index in [1.165, 1.54) is 7.11 Å². The fraction of sp³-hybridized carbons (Fsp3) is 0.385. The first kappa shape index (κ1) is 14.2.